The van der Waals surface area contributed by atoms with Crippen molar-refractivity contribution in [3.8, 4) is 0 Å². The Bertz CT molecular complexity index is 703. The molecule has 4 heteroatoms. The SMILES string of the molecule is COCO[C@@H]1C[C@@](C)(C2C=CCCC2)C(=O)[C@H](C)C23CCC(OC)C2[C@@]1(C)[C@H](C)CC3. The van der Waals surface area contributed by atoms with Crippen LogP contribution in [0.25, 0.3) is 0 Å². The normalized spacial score (nSPS) is 50.1. The monoisotopic (exact) mass is 432 g/mol. The first-order valence-electron chi connectivity index (χ1n) is 12.6. The van der Waals surface area contributed by atoms with Crippen LogP contribution in [0.15, 0.2) is 12.2 Å². The molecule has 0 aromatic heterocycles. The summed E-state index contributed by atoms with van der Waals surface area (Å²) in [6, 6.07) is 0. The molecule has 0 aromatic carbocycles. The van der Waals surface area contributed by atoms with Gasteiger partial charge in [-0.05, 0) is 74.5 Å². The molecule has 31 heavy (non-hydrogen) atoms. The maximum atomic E-state index is 14.4. The molecule has 2 bridgehead atoms. The molecule has 176 valence electrons. The number of hydrogen-bond donors (Lipinski definition) is 0. The number of ketones is 1. The van der Waals surface area contributed by atoms with Crippen LogP contribution in [0.5, 0.6) is 0 Å². The van der Waals surface area contributed by atoms with E-state index in [1.165, 1.54) is 6.42 Å². The summed E-state index contributed by atoms with van der Waals surface area (Å²) in [6.45, 7) is 9.64. The lowest BCUT2D eigenvalue weighted by Crippen LogP contribution is -2.63. The maximum Gasteiger partial charge on any atom is 0.146 e. The molecule has 0 spiro atoms. The van der Waals surface area contributed by atoms with E-state index in [1.807, 2.05) is 7.11 Å². The van der Waals surface area contributed by atoms with Crippen molar-refractivity contribution in [1.29, 1.82) is 0 Å². The van der Waals surface area contributed by atoms with Crippen molar-refractivity contribution in [3.63, 3.8) is 0 Å². The zero-order chi connectivity index (χ0) is 22.4. The van der Waals surface area contributed by atoms with Gasteiger partial charge in [0.2, 0.25) is 0 Å². The molecule has 0 aromatic rings. The number of rotatable bonds is 5. The molecule has 0 N–H and O–H groups in total. The molecule has 0 aliphatic heterocycles. The van der Waals surface area contributed by atoms with E-state index >= 15 is 0 Å². The second-order valence-corrected chi connectivity index (χ2v) is 11.6. The van der Waals surface area contributed by atoms with Gasteiger partial charge in [0.15, 0.2) is 0 Å². The van der Waals surface area contributed by atoms with Gasteiger partial charge in [-0.25, -0.2) is 0 Å². The Hall–Kier alpha value is -0.710. The van der Waals surface area contributed by atoms with Gasteiger partial charge in [-0.1, -0.05) is 39.8 Å². The molecule has 0 heterocycles. The first-order chi connectivity index (χ1) is 14.8. The molecule has 3 saturated carbocycles. The van der Waals surface area contributed by atoms with E-state index in [1.54, 1.807) is 7.11 Å². The smallest absolute Gasteiger partial charge is 0.146 e. The number of carbonyl (C=O) groups excluding carboxylic acids is 1. The summed E-state index contributed by atoms with van der Waals surface area (Å²) in [5, 5.41) is 0. The van der Waals surface area contributed by atoms with E-state index in [0.717, 1.165) is 44.9 Å². The average Bonchev–Trinajstić information content (AvgIpc) is 3.19. The highest BCUT2D eigenvalue weighted by atomic mass is 16.7. The Labute approximate surface area is 189 Å². The number of methoxy groups -OCH3 is 2. The summed E-state index contributed by atoms with van der Waals surface area (Å²) in [4.78, 5) is 14.4. The van der Waals surface area contributed by atoms with Crippen molar-refractivity contribution >= 4 is 5.78 Å². The van der Waals surface area contributed by atoms with Gasteiger partial charge in [0.1, 0.15) is 12.6 Å². The molecular weight excluding hydrogens is 388 g/mol. The van der Waals surface area contributed by atoms with Gasteiger partial charge < -0.3 is 14.2 Å². The summed E-state index contributed by atoms with van der Waals surface area (Å²) in [7, 11) is 3.56. The molecule has 4 unspecified atom stereocenters. The third-order valence-corrected chi connectivity index (χ3v) is 10.5. The van der Waals surface area contributed by atoms with Gasteiger partial charge in [-0.15, -0.1) is 0 Å². The molecule has 4 rings (SSSR count). The highest BCUT2D eigenvalue weighted by Gasteiger charge is 2.68. The summed E-state index contributed by atoms with van der Waals surface area (Å²) in [6.07, 6.45) is 13.5. The minimum atomic E-state index is -0.393. The van der Waals surface area contributed by atoms with Gasteiger partial charge >= 0.3 is 0 Å². The van der Waals surface area contributed by atoms with Crippen LogP contribution in [0.4, 0.5) is 0 Å². The Kier molecular flexibility index (Phi) is 6.48. The third-order valence-electron chi connectivity index (χ3n) is 10.5. The highest BCUT2D eigenvalue weighted by Crippen LogP contribution is 2.69. The summed E-state index contributed by atoms with van der Waals surface area (Å²) < 4.78 is 18.1. The highest BCUT2D eigenvalue weighted by molar-refractivity contribution is 5.88. The Morgan fingerprint density at radius 1 is 1.10 bits per heavy atom. The molecule has 3 fully saturated rings. The molecule has 4 aliphatic carbocycles. The van der Waals surface area contributed by atoms with Gasteiger partial charge in [-0.2, -0.15) is 0 Å². The van der Waals surface area contributed by atoms with E-state index < -0.39 is 5.41 Å². The number of hydrogen-bond acceptors (Lipinski definition) is 4. The van der Waals surface area contributed by atoms with Crippen molar-refractivity contribution < 1.29 is 19.0 Å². The molecule has 0 radical (unpaired) electrons. The second-order valence-electron chi connectivity index (χ2n) is 11.6. The van der Waals surface area contributed by atoms with E-state index in [0.29, 0.717) is 23.5 Å². The van der Waals surface area contributed by atoms with Crippen molar-refractivity contribution in [2.24, 2.45) is 39.9 Å². The van der Waals surface area contributed by atoms with Crippen LogP contribution in [0.1, 0.15) is 79.1 Å². The van der Waals surface area contributed by atoms with Crippen LogP contribution in [0.2, 0.25) is 0 Å². The fraction of sp³-hybridized carbons (Fsp3) is 0.889. The predicted molar refractivity (Wildman–Crippen MR) is 123 cm³/mol. The van der Waals surface area contributed by atoms with Crippen molar-refractivity contribution in [2.45, 2.75) is 91.3 Å². The van der Waals surface area contributed by atoms with Gasteiger partial charge in [0.05, 0.1) is 12.2 Å². The van der Waals surface area contributed by atoms with E-state index in [9.17, 15) is 4.79 Å². The fourth-order valence-corrected chi connectivity index (χ4v) is 8.51. The first kappa shape index (κ1) is 23.4. The lowest BCUT2D eigenvalue weighted by Gasteiger charge is -2.62. The second kappa shape index (κ2) is 8.57. The lowest BCUT2D eigenvalue weighted by atomic mass is 9.43. The molecule has 0 amide bonds. The average molecular weight is 433 g/mol. The quantitative estimate of drug-likeness (QED) is 0.407. The van der Waals surface area contributed by atoms with Crippen LogP contribution < -0.4 is 0 Å². The molecule has 0 saturated heterocycles. The van der Waals surface area contributed by atoms with Gasteiger partial charge in [-0.3, -0.25) is 4.79 Å². The number of Topliss-reactive ketones (excluding diaryl/α,β-unsaturated/α-hetero) is 1. The molecule has 9 atom stereocenters. The van der Waals surface area contributed by atoms with E-state index in [4.69, 9.17) is 14.2 Å². The molecule has 4 aliphatic rings. The van der Waals surface area contributed by atoms with Crippen LogP contribution in [0.3, 0.4) is 0 Å². The number of ether oxygens (including phenoxy) is 3. The molecular formula is C27H44O4. The van der Waals surface area contributed by atoms with E-state index in [-0.39, 0.29) is 35.7 Å². The van der Waals surface area contributed by atoms with E-state index in [2.05, 4.69) is 39.8 Å². The third kappa shape index (κ3) is 3.38. The largest absolute Gasteiger partial charge is 0.381 e. The number of carbonyl (C=O) groups is 1. The van der Waals surface area contributed by atoms with Gasteiger partial charge in [0, 0.05) is 31.0 Å². The Morgan fingerprint density at radius 3 is 2.48 bits per heavy atom. The zero-order valence-corrected chi connectivity index (χ0v) is 20.6. The minimum absolute atomic E-state index is 0.0142. The number of allylic oxidation sites excluding steroid dienone is 2. The summed E-state index contributed by atoms with van der Waals surface area (Å²) in [5.74, 6) is 1.70. The zero-order valence-electron chi connectivity index (χ0n) is 20.6. The first-order valence-corrected chi connectivity index (χ1v) is 12.6. The fourth-order valence-electron chi connectivity index (χ4n) is 8.51. The van der Waals surface area contributed by atoms with Crippen molar-refractivity contribution in [2.75, 3.05) is 21.0 Å². The van der Waals surface area contributed by atoms with Crippen LogP contribution in [0, 0.1) is 39.9 Å². The van der Waals surface area contributed by atoms with Crippen LogP contribution in [-0.4, -0.2) is 39.0 Å². The van der Waals surface area contributed by atoms with Crippen molar-refractivity contribution in [3.05, 3.63) is 12.2 Å². The van der Waals surface area contributed by atoms with Crippen LogP contribution >= 0.6 is 0 Å². The van der Waals surface area contributed by atoms with Crippen LogP contribution in [-0.2, 0) is 19.0 Å². The Balaban J connectivity index is 1.87. The predicted octanol–water partition coefficient (Wildman–Crippen LogP) is 5.79. The summed E-state index contributed by atoms with van der Waals surface area (Å²) >= 11 is 0. The van der Waals surface area contributed by atoms with Gasteiger partial charge in [0.25, 0.3) is 0 Å². The molecule has 4 nitrogen and oxygen atoms in total. The standard InChI is InChI=1S/C27H44O4/c1-18-12-14-27-15-13-21(30-6)23(27)26(18,4)22(31-17-29-5)16-25(3,24(28)19(27)2)20-10-8-7-9-11-20/h8,10,18-23H,7,9,11-17H2,1-6H3/t18-,19+,20?,21?,22-,23?,25+,26+,27?/m1/s1. The topological polar surface area (TPSA) is 44.8 Å². The minimum Gasteiger partial charge on any atom is -0.381 e. The Morgan fingerprint density at radius 2 is 1.84 bits per heavy atom. The summed E-state index contributed by atoms with van der Waals surface area (Å²) in [5.41, 5.74) is -0.410. The maximum absolute atomic E-state index is 14.4. The van der Waals surface area contributed by atoms with Crippen molar-refractivity contribution in [1.82, 2.24) is 0 Å². The lowest BCUT2D eigenvalue weighted by molar-refractivity contribution is -0.222.